The second kappa shape index (κ2) is 2.84. The first-order chi connectivity index (χ1) is 6.65. The Labute approximate surface area is 83.2 Å². The minimum absolute atomic E-state index is 0.0140. The fourth-order valence-electron chi connectivity index (χ4n) is 1.65. The fourth-order valence-corrected chi connectivity index (χ4v) is 1.65. The normalized spacial score (nSPS) is 14.5. The monoisotopic (exact) mass is 185 g/mol. The molecule has 0 spiro atoms. The number of ketones is 1. The van der Waals surface area contributed by atoms with Crippen LogP contribution in [0.25, 0.3) is 0 Å². The van der Waals surface area contributed by atoms with Gasteiger partial charge in [0.2, 0.25) is 5.78 Å². The molecule has 14 heavy (non-hydrogen) atoms. The van der Waals surface area contributed by atoms with Gasteiger partial charge in [0.25, 0.3) is 0 Å². The van der Waals surface area contributed by atoms with Crippen LogP contribution in [0, 0.1) is 6.92 Å². The average Bonchev–Trinajstić information content (AvgIpc) is 2.39. The third kappa shape index (κ3) is 1.01. The molecule has 0 saturated heterocycles. The van der Waals surface area contributed by atoms with Crippen molar-refractivity contribution in [2.75, 3.05) is 4.90 Å². The summed E-state index contributed by atoms with van der Waals surface area (Å²) in [4.78, 5) is 13.4. The molecule has 1 aliphatic heterocycles. The lowest BCUT2D eigenvalue weighted by Gasteiger charge is -2.13. The molecule has 1 heterocycles. The summed E-state index contributed by atoms with van der Waals surface area (Å²) in [5.74, 6) is -0.0140. The molecule has 0 atom stereocenters. The van der Waals surface area contributed by atoms with E-state index in [-0.39, 0.29) is 5.78 Å². The predicted octanol–water partition coefficient (Wildman–Crippen LogP) is 2.65. The van der Waals surface area contributed by atoms with Crippen molar-refractivity contribution >= 4 is 11.5 Å². The quantitative estimate of drug-likeness (QED) is 0.627. The lowest BCUT2D eigenvalue weighted by molar-refractivity contribution is 0.104. The van der Waals surface area contributed by atoms with E-state index in [0.29, 0.717) is 11.3 Å². The van der Waals surface area contributed by atoms with Crippen molar-refractivity contribution in [1.29, 1.82) is 0 Å². The number of carbonyl (C=O) groups is 1. The molecule has 2 nitrogen and oxygen atoms in total. The summed E-state index contributed by atoms with van der Waals surface area (Å²) < 4.78 is 0. The molecule has 1 aromatic carbocycles. The molecule has 0 aromatic heterocycles. The SMILES string of the molecule is C=CN1C(=C)C(=O)c2ccc(C)cc21. The Bertz CT molecular complexity index is 446. The van der Waals surface area contributed by atoms with Crippen LogP contribution in [0.15, 0.2) is 43.3 Å². The highest BCUT2D eigenvalue weighted by molar-refractivity contribution is 6.19. The Morgan fingerprint density at radius 2 is 2.14 bits per heavy atom. The summed E-state index contributed by atoms with van der Waals surface area (Å²) in [5, 5.41) is 0. The van der Waals surface area contributed by atoms with Crippen molar-refractivity contribution in [3.05, 3.63) is 54.4 Å². The Hall–Kier alpha value is -1.83. The highest BCUT2D eigenvalue weighted by Crippen LogP contribution is 2.34. The molecule has 2 heteroatoms. The first-order valence-electron chi connectivity index (χ1n) is 4.41. The van der Waals surface area contributed by atoms with Crippen LogP contribution < -0.4 is 4.90 Å². The van der Waals surface area contributed by atoms with Crippen LogP contribution in [0.5, 0.6) is 0 Å². The minimum atomic E-state index is -0.0140. The number of carbonyl (C=O) groups excluding carboxylic acids is 1. The first-order valence-corrected chi connectivity index (χ1v) is 4.41. The van der Waals surface area contributed by atoms with E-state index in [0.717, 1.165) is 11.3 Å². The molecule has 0 fully saturated rings. The number of nitrogens with zero attached hydrogens (tertiary/aromatic N) is 1. The highest BCUT2D eigenvalue weighted by atomic mass is 16.1. The molecular formula is C12H11NO. The van der Waals surface area contributed by atoms with Crippen molar-refractivity contribution in [1.82, 2.24) is 0 Å². The molecule has 0 aliphatic carbocycles. The van der Waals surface area contributed by atoms with Crippen molar-refractivity contribution < 1.29 is 4.79 Å². The van der Waals surface area contributed by atoms with E-state index in [9.17, 15) is 4.79 Å². The van der Waals surface area contributed by atoms with Gasteiger partial charge in [-0.1, -0.05) is 19.2 Å². The van der Waals surface area contributed by atoms with Crippen molar-refractivity contribution in [3.63, 3.8) is 0 Å². The van der Waals surface area contributed by atoms with Crippen LogP contribution in [0.2, 0.25) is 0 Å². The standard InChI is InChI=1S/C12H11NO/c1-4-13-9(3)12(14)10-6-5-8(2)7-11(10)13/h4-7H,1,3H2,2H3. The Morgan fingerprint density at radius 3 is 2.79 bits per heavy atom. The van der Waals surface area contributed by atoms with Gasteiger partial charge in [0.1, 0.15) is 0 Å². The van der Waals surface area contributed by atoms with E-state index >= 15 is 0 Å². The van der Waals surface area contributed by atoms with Gasteiger partial charge in [-0.2, -0.15) is 0 Å². The number of aryl methyl sites for hydroxylation is 1. The van der Waals surface area contributed by atoms with Gasteiger partial charge in [0, 0.05) is 11.8 Å². The van der Waals surface area contributed by atoms with Crippen LogP contribution in [0.1, 0.15) is 15.9 Å². The number of anilines is 1. The smallest absolute Gasteiger partial charge is 0.211 e. The number of hydrogen-bond donors (Lipinski definition) is 0. The van der Waals surface area contributed by atoms with Gasteiger partial charge in [0.15, 0.2) is 0 Å². The molecule has 0 unspecified atom stereocenters. The summed E-state index contributed by atoms with van der Waals surface area (Å²) in [5.41, 5.74) is 3.19. The second-order valence-electron chi connectivity index (χ2n) is 3.35. The number of benzene rings is 1. The first kappa shape index (κ1) is 8.75. The minimum Gasteiger partial charge on any atom is -0.314 e. The van der Waals surface area contributed by atoms with E-state index in [4.69, 9.17) is 0 Å². The number of rotatable bonds is 1. The topological polar surface area (TPSA) is 20.3 Å². The molecule has 70 valence electrons. The number of hydrogen-bond acceptors (Lipinski definition) is 2. The lowest BCUT2D eigenvalue weighted by Crippen LogP contribution is -2.10. The van der Waals surface area contributed by atoms with Gasteiger partial charge in [-0.25, -0.2) is 0 Å². The second-order valence-corrected chi connectivity index (χ2v) is 3.35. The van der Waals surface area contributed by atoms with Gasteiger partial charge in [-0.15, -0.1) is 0 Å². The van der Waals surface area contributed by atoms with Gasteiger partial charge < -0.3 is 4.90 Å². The molecule has 0 amide bonds. The Morgan fingerprint density at radius 1 is 1.43 bits per heavy atom. The van der Waals surface area contributed by atoms with Crippen LogP contribution in [-0.4, -0.2) is 5.78 Å². The van der Waals surface area contributed by atoms with Crippen molar-refractivity contribution in [3.8, 4) is 0 Å². The molecule has 0 bridgehead atoms. The Kier molecular flexibility index (Phi) is 1.78. The summed E-state index contributed by atoms with van der Waals surface area (Å²) in [6.07, 6.45) is 1.62. The molecule has 1 aromatic rings. The third-order valence-electron chi connectivity index (χ3n) is 2.39. The largest absolute Gasteiger partial charge is 0.314 e. The maximum absolute atomic E-state index is 11.7. The van der Waals surface area contributed by atoms with Gasteiger partial charge in [-0.3, -0.25) is 4.79 Å². The van der Waals surface area contributed by atoms with Crippen LogP contribution in [-0.2, 0) is 0 Å². The van der Waals surface area contributed by atoms with E-state index < -0.39 is 0 Å². The number of Topliss-reactive ketones (excluding diaryl/α,β-unsaturated/α-hetero) is 1. The highest BCUT2D eigenvalue weighted by Gasteiger charge is 2.28. The van der Waals surface area contributed by atoms with Crippen LogP contribution in [0.4, 0.5) is 5.69 Å². The van der Waals surface area contributed by atoms with E-state index in [1.54, 1.807) is 11.1 Å². The molecule has 0 N–H and O–H groups in total. The number of fused-ring (bicyclic) bond motifs is 1. The zero-order valence-electron chi connectivity index (χ0n) is 8.08. The average molecular weight is 185 g/mol. The maximum Gasteiger partial charge on any atom is 0.211 e. The zero-order chi connectivity index (χ0) is 10.3. The van der Waals surface area contributed by atoms with Gasteiger partial charge in [-0.05, 0) is 24.6 Å². The van der Waals surface area contributed by atoms with Crippen molar-refractivity contribution in [2.45, 2.75) is 6.92 Å². The predicted molar refractivity (Wildman–Crippen MR) is 57.3 cm³/mol. The molecule has 2 rings (SSSR count). The third-order valence-corrected chi connectivity index (χ3v) is 2.39. The maximum atomic E-state index is 11.7. The lowest BCUT2D eigenvalue weighted by atomic mass is 10.1. The molecule has 0 radical (unpaired) electrons. The molecular weight excluding hydrogens is 174 g/mol. The van der Waals surface area contributed by atoms with Crippen LogP contribution >= 0.6 is 0 Å². The van der Waals surface area contributed by atoms with Gasteiger partial charge >= 0.3 is 0 Å². The summed E-state index contributed by atoms with van der Waals surface area (Å²) in [7, 11) is 0. The van der Waals surface area contributed by atoms with Gasteiger partial charge in [0.05, 0.1) is 11.4 Å². The van der Waals surface area contributed by atoms with E-state index in [1.807, 2.05) is 25.1 Å². The van der Waals surface area contributed by atoms with E-state index in [2.05, 4.69) is 13.2 Å². The molecule has 1 aliphatic rings. The zero-order valence-corrected chi connectivity index (χ0v) is 8.08. The van der Waals surface area contributed by atoms with Crippen LogP contribution in [0.3, 0.4) is 0 Å². The van der Waals surface area contributed by atoms with E-state index in [1.165, 1.54) is 0 Å². The summed E-state index contributed by atoms with van der Waals surface area (Å²) >= 11 is 0. The Balaban J connectivity index is 2.67. The summed E-state index contributed by atoms with van der Waals surface area (Å²) in [6.45, 7) is 9.40. The van der Waals surface area contributed by atoms with Crippen molar-refractivity contribution in [2.24, 2.45) is 0 Å². The fraction of sp³-hybridized carbons (Fsp3) is 0.0833. The number of allylic oxidation sites excluding steroid dienone is 1. The summed E-state index contributed by atoms with van der Waals surface area (Å²) in [6, 6.07) is 5.73. The molecule has 0 saturated carbocycles.